The van der Waals surface area contributed by atoms with Crippen molar-refractivity contribution in [2.24, 2.45) is 0 Å². The Labute approximate surface area is 262 Å². The van der Waals surface area contributed by atoms with Crippen LogP contribution in [0.25, 0.3) is 0 Å². The van der Waals surface area contributed by atoms with Crippen LogP contribution in [0.2, 0.25) is 5.02 Å². The molecule has 0 spiro atoms. The zero-order valence-corrected chi connectivity index (χ0v) is 26.4. The van der Waals surface area contributed by atoms with Crippen molar-refractivity contribution in [3.63, 3.8) is 0 Å². The highest BCUT2D eigenvalue weighted by Gasteiger charge is 2.33. The van der Waals surface area contributed by atoms with Gasteiger partial charge in [-0.05, 0) is 61.2 Å². The van der Waals surface area contributed by atoms with Crippen LogP contribution in [0.1, 0.15) is 49.8 Å². The van der Waals surface area contributed by atoms with Crippen molar-refractivity contribution < 1.29 is 31.2 Å². The summed E-state index contributed by atoms with van der Waals surface area (Å²) in [6.07, 6.45) is -3.00. The molecule has 2 amide bonds. The zero-order valence-electron chi connectivity index (χ0n) is 24.9. The first-order chi connectivity index (χ1) is 20.7. The number of benzene rings is 3. The number of nitrogens with one attached hydrogen (secondary N) is 1. The van der Waals surface area contributed by atoms with Crippen LogP contribution in [0.5, 0.6) is 0 Å². The molecular weight excluding hydrogens is 615 g/mol. The molecule has 2 atom stereocenters. The molecule has 0 bridgehead atoms. The Hall–Kier alpha value is -3.57. The molecule has 0 saturated heterocycles. The summed E-state index contributed by atoms with van der Waals surface area (Å²) in [5, 5.41) is 3.44. The highest BCUT2D eigenvalue weighted by Crippen LogP contribution is 2.32. The third kappa shape index (κ3) is 10.3. The van der Waals surface area contributed by atoms with Crippen molar-refractivity contribution in [3.05, 3.63) is 101 Å². The molecule has 44 heavy (non-hydrogen) atoms. The maximum atomic E-state index is 13.9. The van der Waals surface area contributed by atoms with E-state index in [0.717, 1.165) is 34.3 Å². The Kier molecular flexibility index (Phi) is 12.2. The highest BCUT2D eigenvalue weighted by molar-refractivity contribution is 7.92. The van der Waals surface area contributed by atoms with E-state index in [1.807, 2.05) is 44.2 Å². The van der Waals surface area contributed by atoms with Crippen LogP contribution in [-0.2, 0) is 38.8 Å². The van der Waals surface area contributed by atoms with Gasteiger partial charge in [0.25, 0.3) is 0 Å². The van der Waals surface area contributed by atoms with Gasteiger partial charge in [0.1, 0.15) is 6.04 Å². The van der Waals surface area contributed by atoms with Crippen molar-refractivity contribution in [2.45, 2.75) is 64.3 Å². The van der Waals surface area contributed by atoms with Crippen molar-refractivity contribution >= 4 is 39.1 Å². The van der Waals surface area contributed by atoms with Crippen molar-refractivity contribution in [3.8, 4) is 0 Å². The molecule has 0 unspecified atom stereocenters. The van der Waals surface area contributed by atoms with E-state index in [1.54, 1.807) is 24.3 Å². The largest absolute Gasteiger partial charge is 0.416 e. The van der Waals surface area contributed by atoms with Gasteiger partial charge in [-0.15, -0.1) is 0 Å². The quantitative estimate of drug-likeness (QED) is 0.217. The Morgan fingerprint density at radius 2 is 1.61 bits per heavy atom. The lowest BCUT2D eigenvalue weighted by Gasteiger charge is -2.33. The molecule has 0 heterocycles. The van der Waals surface area contributed by atoms with E-state index in [-0.39, 0.29) is 50.0 Å². The second kappa shape index (κ2) is 15.4. The SMILES string of the molecule is CC[C@@H](C)NC(=O)[C@H](Cc1ccccc1)N(Cc1cccc(Cl)c1)C(=O)CCCN(c1cccc(C(F)(F)F)c1)S(C)(=O)=O. The number of carbonyl (C=O) groups excluding carboxylic acids is 2. The van der Waals surface area contributed by atoms with Crippen LogP contribution in [-0.4, -0.2) is 50.0 Å². The molecule has 12 heteroatoms. The first-order valence-corrected chi connectivity index (χ1v) is 16.4. The lowest BCUT2D eigenvalue weighted by atomic mass is 10.0. The number of amides is 2. The summed E-state index contributed by atoms with van der Waals surface area (Å²) >= 11 is 6.21. The number of sulfonamides is 1. The fourth-order valence-electron chi connectivity index (χ4n) is 4.67. The Morgan fingerprint density at radius 3 is 2.23 bits per heavy atom. The molecule has 0 fully saturated rings. The molecule has 1 N–H and O–H groups in total. The van der Waals surface area contributed by atoms with Gasteiger partial charge < -0.3 is 10.2 Å². The lowest BCUT2D eigenvalue weighted by Crippen LogP contribution is -2.52. The summed E-state index contributed by atoms with van der Waals surface area (Å²) in [6.45, 7) is 3.63. The van der Waals surface area contributed by atoms with Gasteiger partial charge in [0, 0.05) is 37.0 Å². The van der Waals surface area contributed by atoms with Crippen molar-refractivity contribution in [1.29, 1.82) is 0 Å². The number of rotatable bonds is 14. The topological polar surface area (TPSA) is 86.8 Å². The minimum Gasteiger partial charge on any atom is -0.352 e. The van der Waals surface area contributed by atoms with Crippen molar-refractivity contribution in [1.82, 2.24) is 10.2 Å². The van der Waals surface area contributed by atoms with Gasteiger partial charge in [-0.25, -0.2) is 8.42 Å². The highest BCUT2D eigenvalue weighted by atomic mass is 35.5. The molecule has 7 nitrogen and oxygen atoms in total. The summed E-state index contributed by atoms with van der Waals surface area (Å²) in [7, 11) is -3.98. The van der Waals surface area contributed by atoms with E-state index in [1.165, 1.54) is 11.0 Å². The van der Waals surface area contributed by atoms with Crippen molar-refractivity contribution in [2.75, 3.05) is 17.1 Å². The standard InChI is InChI=1S/C32H37ClF3N3O4S/c1-4-23(2)37-31(41)29(20-24-11-6-5-7-12-24)38(22-25-13-8-15-27(33)19-25)30(40)17-10-18-39(44(3,42)43)28-16-9-14-26(21-28)32(34,35)36/h5-9,11-16,19,21,23,29H,4,10,17-18,20,22H2,1-3H3,(H,37,41)/t23-,29+/m1/s1. The summed E-state index contributed by atoms with van der Waals surface area (Å²) in [5.41, 5.74) is 0.402. The molecule has 238 valence electrons. The number of hydrogen-bond acceptors (Lipinski definition) is 4. The first-order valence-electron chi connectivity index (χ1n) is 14.2. The second-order valence-corrected chi connectivity index (χ2v) is 13.0. The molecule has 3 rings (SSSR count). The fraction of sp³-hybridized carbons (Fsp3) is 0.375. The van der Waals surface area contributed by atoms with Gasteiger partial charge in [-0.3, -0.25) is 13.9 Å². The molecule has 0 aliphatic carbocycles. The minimum absolute atomic E-state index is 0.000760. The molecular formula is C32H37ClF3N3O4S. The predicted octanol–water partition coefficient (Wildman–Crippen LogP) is 6.46. The molecule has 0 radical (unpaired) electrons. The predicted molar refractivity (Wildman–Crippen MR) is 167 cm³/mol. The number of anilines is 1. The van der Waals surface area contributed by atoms with Gasteiger partial charge in [0.05, 0.1) is 17.5 Å². The Morgan fingerprint density at radius 1 is 0.955 bits per heavy atom. The molecule has 3 aromatic rings. The average molecular weight is 652 g/mol. The maximum Gasteiger partial charge on any atom is 0.416 e. The summed E-state index contributed by atoms with van der Waals surface area (Å²) in [5.74, 6) is -0.747. The van der Waals surface area contributed by atoms with Crippen LogP contribution in [0.4, 0.5) is 18.9 Å². The van der Waals surface area contributed by atoms with Crippen LogP contribution in [0.15, 0.2) is 78.9 Å². The maximum absolute atomic E-state index is 13.9. The zero-order chi connectivity index (χ0) is 32.5. The van der Waals surface area contributed by atoms with Crippen LogP contribution < -0.4 is 9.62 Å². The van der Waals surface area contributed by atoms with E-state index < -0.39 is 33.7 Å². The summed E-state index contributed by atoms with van der Waals surface area (Å²) < 4.78 is 66.0. The number of carbonyl (C=O) groups is 2. The molecule has 0 aromatic heterocycles. The van der Waals surface area contributed by atoms with E-state index in [9.17, 15) is 31.2 Å². The second-order valence-electron chi connectivity index (χ2n) is 10.7. The first kappa shape index (κ1) is 34.9. The lowest BCUT2D eigenvalue weighted by molar-refractivity contribution is -0.141. The van der Waals surface area contributed by atoms with E-state index in [0.29, 0.717) is 17.0 Å². The average Bonchev–Trinajstić information content (AvgIpc) is 2.96. The fourth-order valence-corrected chi connectivity index (χ4v) is 5.84. The van der Waals surface area contributed by atoms with E-state index in [4.69, 9.17) is 11.6 Å². The summed E-state index contributed by atoms with van der Waals surface area (Å²) in [6, 6.07) is 19.2. The normalized spacial score (nSPS) is 13.2. The number of halogens is 4. The van der Waals surface area contributed by atoms with E-state index in [2.05, 4.69) is 5.32 Å². The third-order valence-corrected chi connectivity index (χ3v) is 8.56. The van der Waals surface area contributed by atoms with Gasteiger partial charge in [0.15, 0.2) is 0 Å². The van der Waals surface area contributed by atoms with Gasteiger partial charge >= 0.3 is 6.18 Å². The molecule has 3 aromatic carbocycles. The summed E-state index contributed by atoms with van der Waals surface area (Å²) in [4.78, 5) is 29.0. The monoisotopic (exact) mass is 651 g/mol. The van der Waals surface area contributed by atoms with Crippen LogP contribution in [0.3, 0.4) is 0 Å². The van der Waals surface area contributed by atoms with Crippen LogP contribution >= 0.6 is 11.6 Å². The minimum atomic E-state index is -4.65. The van der Waals surface area contributed by atoms with Crippen LogP contribution in [0, 0.1) is 0 Å². The molecule has 0 aliphatic heterocycles. The third-order valence-electron chi connectivity index (χ3n) is 7.13. The Balaban J connectivity index is 1.91. The van der Waals surface area contributed by atoms with Gasteiger partial charge in [-0.2, -0.15) is 13.2 Å². The Bertz CT molecular complexity index is 1520. The smallest absolute Gasteiger partial charge is 0.352 e. The number of hydrogen-bond donors (Lipinski definition) is 1. The van der Waals surface area contributed by atoms with E-state index >= 15 is 0 Å². The number of alkyl halides is 3. The van der Waals surface area contributed by atoms with Gasteiger partial charge in [0.2, 0.25) is 21.8 Å². The molecule has 0 saturated carbocycles. The van der Waals surface area contributed by atoms with Gasteiger partial charge in [-0.1, -0.05) is 67.1 Å². The number of nitrogens with zero attached hydrogens (tertiary/aromatic N) is 2. The molecule has 0 aliphatic rings.